The van der Waals surface area contributed by atoms with Gasteiger partial charge >= 0.3 is 6.18 Å². The fourth-order valence-corrected chi connectivity index (χ4v) is 3.52. The van der Waals surface area contributed by atoms with E-state index < -0.39 is 11.7 Å². The van der Waals surface area contributed by atoms with Gasteiger partial charge in [0.25, 0.3) is 0 Å². The minimum absolute atomic E-state index is 0.248. The van der Waals surface area contributed by atoms with Crippen LogP contribution in [0.5, 0.6) is 0 Å². The molecule has 2 heterocycles. The summed E-state index contributed by atoms with van der Waals surface area (Å²) in [7, 11) is 0. The topological polar surface area (TPSA) is 79.1 Å². The molecule has 1 aliphatic heterocycles. The number of nitrogens with zero attached hydrogens (tertiary/aromatic N) is 3. The molecule has 6 nitrogen and oxygen atoms in total. The van der Waals surface area contributed by atoms with Gasteiger partial charge in [0.15, 0.2) is 0 Å². The smallest absolute Gasteiger partial charge is 0.398 e. The molecule has 0 bridgehead atoms. The quantitative estimate of drug-likeness (QED) is 0.602. The van der Waals surface area contributed by atoms with E-state index >= 15 is 0 Å². The second kappa shape index (κ2) is 8.86. The number of nitrogens with one attached hydrogen (secondary N) is 2. The van der Waals surface area contributed by atoms with Crippen LogP contribution in [0, 0.1) is 0 Å². The summed E-state index contributed by atoms with van der Waals surface area (Å²) in [6, 6.07) is 6.10. The first-order valence-corrected chi connectivity index (χ1v) is 9.90. The van der Waals surface area contributed by atoms with Crippen molar-refractivity contribution in [2.75, 3.05) is 35.6 Å². The predicted molar refractivity (Wildman–Crippen MR) is 109 cm³/mol. The van der Waals surface area contributed by atoms with Crippen LogP contribution in [0.15, 0.2) is 24.3 Å². The lowest BCUT2D eigenvalue weighted by Gasteiger charge is -2.20. The lowest BCUT2D eigenvalue weighted by atomic mass is 10.1. The van der Waals surface area contributed by atoms with Gasteiger partial charge < -0.3 is 21.3 Å². The van der Waals surface area contributed by atoms with E-state index in [1.165, 1.54) is 12.1 Å². The molecule has 0 aliphatic carbocycles. The Kier molecular flexibility index (Phi) is 6.46. The number of alkyl halides is 3. The van der Waals surface area contributed by atoms with E-state index in [0.717, 1.165) is 56.5 Å². The Morgan fingerprint density at radius 2 is 2.00 bits per heavy atom. The van der Waals surface area contributed by atoms with Crippen LogP contribution < -0.4 is 21.3 Å². The summed E-state index contributed by atoms with van der Waals surface area (Å²) < 4.78 is 39.4. The second-order valence-corrected chi connectivity index (χ2v) is 7.21. The normalized spacial score (nSPS) is 17.0. The largest absolute Gasteiger partial charge is 0.418 e. The average molecular weight is 408 g/mol. The molecule has 1 aromatic heterocycles. The van der Waals surface area contributed by atoms with E-state index in [2.05, 4.69) is 39.3 Å². The Labute approximate surface area is 168 Å². The molecular formula is C20H27F3N6. The minimum atomic E-state index is -4.52. The van der Waals surface area contributed by atoms with Crippen LogP contribution >= 0.6 is 0 Å². The highest BCUT2D eigenvalue weighted by Crippen LogP contribution is 2.35. The molecule has 1 atom stereocenters. The third kappa shape index (κ3) is 5.29. The predicted octanol–water partition coefficient (Wildman–Crippen LogP) is 3.96. The van der Waals surface area contributed by atoms with Gasteiger partial charge in [-0.1, -0.05) is 20.3 Å². The first-order valence-electron chi connectivity index (χ1n) is 9.90. The van der Waals surface area contributed by atoms with Crippen LogP contribution in [0.4, 0.5) is 36.3 Å². The molecule has 1 aliphatic rings. The molecule has 1 fully saturated rings. The summed E-state index contributed by atoms with van der Waals surface area (Å²) in [4.78, 5) is 11.2. The molecule has 0 radical (unpaired) electrons. The SMILES string of the molecule is CCCc1cc(N2CC[C@H](NCC)C2)nc(Nc2ccc(N)c(C(F)(F)F)c2)n1. The van der Waals surface area contributed by atoms with Gasteiger partial charge in [0.1, 0.15) is 5.82 Å². The lowest BCUT2D eigenvalue weighted by Crippen LogP contribution is -2.32. The highest BCUT2D eigenvalue weighted by molar-refractivity contribution is 5.63. The number of anilines is 4. The molecule has 0 spiro atoms. The van der Waals surface area contributed by atoms with Gasteiger partial charge in [-0.25, -0.2) is 4.98 Å². The fraction of sp³-hybridized carbons (Fsp3) is 0.500. The molecule has 2 aromatic rings. The van der Waals surface area contributed by atoms with Crippen molar-refractivity contribution in [1.29, 1.82) is 0 Å². The van der Waals surface area contributed by atoms with E-state index in [9.17, 15) is 13.2 Å². The summed E-state index contributed by atoms with van der Waals surface area (Å²) >= 11 is 0. The van der Waals surface area contributed by atoms with Gasteiger partial charge in [-0.2, -0.15) is 18.2 Å². The van der Waals surface area contributed by atoms with Crippen LogP contribution in [-0.2, 0) is 12.6 Å². The van der Waals surface area contributed by atoms with Crippen LogP contribution in [0.1, 0.15) is 37.9 Å². The standard InChI is InChI=1S/C20H27F3N6/c1-3-5-13-11-18(29-9-8-15(12-29)25-4-2)28-19(26-13)27-14-6-7-17(24)16(10-14)20(21,22)23/h6-7,10-11,15,25H,3-5,8-9,12,24H2,1-2H3,(H,26,27,28)/t15-/m0/s1. The van der Waals surface area contributed by atoms with Gasteiger partial charge in [-0.05, 0) is 37.6 Å². The van der Waals surface area contributed by atoms with E-state index in [-0.39, 0.29) is 17.3 Å². The maximum absolute atomic E-state index is 13.1. The van der Waals surface area contributed by atoms with Crippen molar-refractivity contribution in [3.63, 3.8) is 0 Å². The fourth-order valence-electron chi connectivity index (χ4n) is 3.52. The summed E-state index contributed by atoms with van der Waals surface area (Å²) in [5, 5.41) is 6.37. The number of aromatic nitrogens is 2. The number of nitrogen functional groups attached to an aromatic ring is 1. The molecule has 9 heteroatoms. The first kappa shape index (κ1) is 21.2. The van der Waals surface area contributed by atoms with Gasteiger partial charge in [-0.15, -0.1) is 0 Å². The van der Waals surface area contributed by atoms with E-state index in [4.69, 9.17) is 5.73 Å². The zero-order valence-electron chi connectivity index (χ0n) is 16.7. The van der Waals surface area contributed by atoms with Gasteiger partial charge in [-0.3, -0.25) is 0 Å². The van der Waals surface area contributed by atoms with Crippen LogP contribution in [0.3, 0.4) is 0 Å². The number of rotatable bonds is 7. The van der Waals surface area contributed by atoms with E-state index in [0.29, 0.717) is 6.04 Å². The van der Waals surface area contributed by atoms with Crippen molar-refractivity contribution in [2.45, 2.75) is 45.3 Å². The Morgan fingerprint density at radius 3 is 2.69 bits per heavy atom. The van der Waals surface area contributed by atoms with Crippen molar-refractivity contribution in [1.82, 2.24) is 15.3 Å². The van der Waals surface area contributed by atoms with E-state index in [1.54, 1.807) is 0 Å². The molecule has 158 valence electrons. The summed E-state index contributed by atoms with van der Waals surface area (Å²) in [6.07, 6.45) is -1.81. The molecular weight excluding hydrogens is 381 g/mol. The van der Waals surface area contributed by atoms with Gasteiger partial charge in [0, 0.05) is 42.3 Å². The molecule has 1 aromatic carbocycles. The number of aryl methyl sites for hydroxylation is 1. The average Bonchev–Trinajstić information content (AvgIpc) is 3.12. The Morgan fingerprint density at radius 1 is 1.21 bits per heavy atom. The number of nitrogens with two attached hydrogens (primary N) is 1. The Hall–Kier alpha value is -2.55. The Balaban J connectivity index is 1.87. The third-order valence-corrected chi connectivity index (χ3v) is 4.89. The number of hydrogen-bond acceptors (Lipinski definition) is 6. The van der Waals surface area contributed by atoms with Crippen LogP contribution in [0.2, 0.25) is 0 Å². The van der Waals surface area contributed by atoms with Crippen molar-refractivity contribution < 1.29 is 13.2 Å². The van der Waals surface area contributed by atoms with Crippen LogP contribution in [-0.4, -0.2) is 35.6 Å². The molecule has 29 heavy (non-hydrogen) atoms. The zero-order chi connectivity index (χ0) is 21.0. The Bertz CT molecular complexity index is 839. The maximum atomic E-state index is 13.1. The zero-order valence-corrected chi connectivity index (χ0v) is 16.7. The molecule has 0 amide bonds. The highest BCUT2D eigenvalue weighted by Gasteiger charge is 2.33. The van der Waals surface area contributed by atoms with Gasteiger partial charge in [0.2, 0.25) is 5.95 Å². The number of hydrogen-bond donors (Lipinski definition) is 3. The summed E-state index contributed by atoms with van der Waals surface area (Å²) in [6.45, 7) is 6.77. The highest BCUT2D eigenvalue weighted by atomic mass is 19.4. The van der Waals surface area contributed by atoms with E-state index in [1.807, 2.05) is 6.07 Å². The first-order chi connectivity index (χ1) is 13.8. The second-order valence-electron chi connectivity index (χ2n) is 7.21. The molecule has 0 saturated carbocycles. The van der Waals surface area contributed by atoms with Crippen LogP contribution in [0.25, 0.3) is 0 Å². The van der Waals surface area contributed by atoms with Gasteiger partial charge in [0.05, 0.1) is 5.56 Å². The summed E-state index contributed by atoms with van der Waals surface area (Å²) in [5.74, 6) is 1.08. The summed E-state index contributed by atoms with van der Waals surface area (Å²) in [5.41, 5.74) is 5.41. The molecule has 1 saturated heterocycles. The lowest BCUT2D eigenvalue weighted by molar-refractivity contribution is -0.136. The monoisotopic (exact) mass is 408 g/mol. The molecule has 0 unspecified atom stereocenters. The van der Waals surface area contributed by atoms with Crippen molar-refractivity contribution >= 4 is 23.1 Å². The maximum Gasteiger partial charge on any atom is 0.418 e. The molecule has 3 rings (SSSR count). The van der Waals surface area contributed by atoms with Crippen molar-refractivity contribution in [3.8, 4) is 0 Å². The number of likely N-dealkylation sites (N-methyl/N-ethyl adjacent to an activating group) is 1. The number of halogens is 3. The number of benzene rings is 1. The molecule has 4 N–H and O–H groups in total. The third-order valence-electron chi connectivity index (χ3n) is 4.89. The van der Waals surface area contributed by atoms with Crippen molar-refractivity contribution in [2.24, 2.45) is 0 Å². The van der Waals surface area contributed by atoms with Crippen molar-refractivity contribution in [3.05, 3.63) is 35.5 Å². The minimum Gasteiger partial charge on any atom is -0.398 e.